The highest BCUT2D eigenvalue weighted by Gasteiger charge is 2.37. The van der Waals surface area contributed by atoms with Crippen LogP contribution >= 0.6 is 23.2 Å². The van der Waals surface area contributed by atoms with E-state index >= 15 is 0 Å². The van der Waals surface area contributed by atoms with E-state index in [0.717, 1.165) is 4.90 Å². The van der Waals surface area contributed by atoms with Crippen LogP contribution in [0, 0.1) is 0 Å². The lowest BCUT2D eigenvalue weighted by Gasteiger charge is -2.25. The molecule has 0 bridgehead atoms. The van der Waals surface area contributed by atoms with Gasteiger partial charge in [-0.1, -0.05) is 29.3 Å². The Morgan fingerprint density at radius 2 is 1.76 bits per heavy atom. The molecule has 3 aromatic rings. The van der Waals surface area contributed by atoms with Crippen molar-refractivity contribution in [3.05, 3.63) is 76.2 Å². The Labute approximate surface area is 174 Å². The summed E-state index contributed by atoms with van der Waals surface area (Å²) in [5, 5.41) is 2.83. The predicted molar refractivity (Wildman–Crippen MR) is 107 cm³/mol. The molecule has 4 amide bonds. The van der Waals surface area contributed by atoms with E-state index in [1.165, 1.54) is 30.6 Å². The van der Waals surface area contributed by atoms with Crippen LogP contribution in [0.15, 0.2) is 64.8 Å². The van der Waals surface area contributed by atoms with E-state index < -0.39 is 17.8 Å². The number of pyridine rings is 1. The van der Waals surface area contributed by atoms with Crippen molar-refractivity contribution in [1.82, 2.24) is 10.3 Å². The Morgan fingerprint density at radius 1 is 1.00 bits per heavy atom. The van der Waals surface area contributed by atoms with Crippen molar-refractivity contribution in [3.63, 3.8) is 0 Å². The first-order valence-corrected chi connectivity index (χ1v) is 9.07. The number of carbonyl (C=O) groups excluding carboxylic acids is 3. The molecule has 1 fully saturated rings. The summed E-state index contributed by atoms with van der Waals surface area (Å²) < 4.78 is 5.71. The Hall–Kier alpha value is -3.42. The van der Waals surface area contributed by atoms with E-state index in [2.05, 4.69) is 10.3 Å². The lowest BCUT2D eigenvalue weighted by molar-refractivity contribution is -0.122. The van der Waals surface area contributed by atoms with Crippen molar-refractivity contribution >= 4 is 52.8 Å². The van der Waals surface area contributed by atoms with Crippen LogP contribution in [-0.4, -0.2) is 22.8 Å². The smallest absolute Gasteiger partial charge is 0.335 e. The Morgan fingerprint density at radius 3 is 2.52 bits per heavy atom. The first kappa shape index (κ1) is 18.9. The number of imide groups is 2. The van der Waals surface area contributed by atoms with E-state index in [0.29, 0.717) is 21.4 Å². The van der Waals surface area contributed by atoms with Crippen LogP contribution in [0.4, 0.5) is 10.5 Å². The van der Waals surface area contributed by atoms with Crippen LogP contribution in [0.2, 0.25) is 10.0 Å². The number of hydrogen-bond donors (Lipinski definition) is 1. The van der Waals surface area contributed by atoms with E-state index in [1.54, 1.807) is 30.3 Å². The zero-order valence-electron chi connectivity index (χ0n) is 14.6. The normalized spacial score (nSPS) is 15.7. The highest BCUT2D eigenvalue weighted by Crippen LogP contribution is 2.34. The van der Waals surface area contributed by atoms with Gasteiger partial charge in [0.15, 0.2) is 0 Å². The molecular weight excluding hydrogens is 417 g/mol. The zero-order valence-corrected chi connectivity index (χ0v) is 16.1. The Balaban J connectivity index is 1.69. The molecular formula is C20H11Cl2N3O4. The summed E-state index contributed by atoms with van der Waals surface area (Å²) in [4.78, 5) is 41.9. The van der Waals surface area contributed by atoms with Gasteiger partial charge in [0, 0.05) is 18.0 Å². The molecule has 0 atom stereocenters. The number of barbiturate groups is 1. The molecule has 144 valence electrons. The number of benzene rings is 1. The number of furan rings is 1. The molecule has 29 heavy (non-hydrogen) atoms. The van der Waals surface area contributed by atoms with Gasteiger partial charge in [-0.3, -0.25) is 19.9 Å². The van der Waals surface area contributed by atoms with E-state index in [1.807, 2.05) is 0 Å². The van der Waals surface area contributed by atoms with Crippen molar-refractivity contribution in [1.29, 1.82) is 0 Å². The van der Waals surface area contributed by atoms with Gasteiger partial charge in [0.1, 0.15) is 17.1 Å². The first-order valence-electron chi connectivity index (χ1n) is 8.31. The predicted octanol–water partition coefficient (Wildman–Crippen LogP) is 4.31. The van der Waals surface area contributed by atoms with E-state index in [4.69, 9.17) is 27.6 Å². The number of rotatable bonds is 3. The van der Waals surface area contributed by atoms with Crippen LogP contribution in [-0.2, 0) is 9.59 Å². The third kappa shape index (κ3) is 3.53. The lowest BCUT2D eigenvalue weighted by atomic mass is 10.1. The molecule has 0 aliphatic carbocycles. The number of nitrogens with one attached hydrogen (secondary N) is 1. The fourth-order valence-electron chi connectivity index (χ4n) is 2.80. The lowest BCUT2D eigenvalue weighted by Crippen LogP contribution is -2.54. The van der Waals surface area contributed by atoms with Crippen LogP contribution in [0.25, 0.3) is 17.4 Å². The standard InChI is InChI=1S/C20H11Cl2N3O4/c21-15-3-1-2-13(17(15)22)16-5-4-12(29-16)10-14-18(26)24-20(28)25(19(14)27)11-6-8-23-9-7-11/h1-10H,(H,24,26,28)/b14-10-. The molecule has 7 nitrogen and oxygen atoms in total. The molecule has 1 saturated heterocycles. The highest BCUT2D eigenvalue weighted by molar-refractivity contribution is 6.43. The van der Waals surface area contributed by atoms with E-state index in [-0.39, 0.29) is 17.0 Å². The summed E-state index contributed by atoms with van der Waals surface area (Å²) >= 11 is 12.2. The summed E-state index contributed by atoms with van der Waals surface area (Å²) in [5.74, 6) is -0.943. The van der Waals surface area contributed by atoms with Gasteiger partial charge in [-0.25, -0.2) is 9.69 Å². The van der Waals surface area contributed by atoms with Crippen LogP contribution < -0.4 is 10.2 Å². The summed E-state index contributed by atoms with van der Waals surface area (Å²) in [6.45, 7) is 0. The fraction of sp³-hybridized carbons (Fsp3) is 0. The number of amides is 4. The zero-order chi connectivity index (χ0) is 20.5. The van der Waals surface area contributed by atoms with Crippen LogP contribution in [0.1, 0.15) is 5.76 Å². The molecule has 1 aliphatic heterocycles. The minimum Gasteiger partial charge on any atom is -0.457 e. The van der Waals surface area contributed by atoms with Crippen molar-refractivity contribution in [2.45, 2.75) is 0 Å². The number of nitrogens with zero attached hydrogens (tertiary/aromatic N) is 2. The van der Waals surface area contributed by atoms with Gasteiger partial charge >= 0.3 is 6.03 Å². The molecule has 0 radical (unpaired) electrons. The fourth-order valence-corrected chi connectivity index (χ4v) is 3.19. The van der Waals surface area contributed by atoms with Gasteiger partial charge in [0.2, 0.25) is 0 Å². The molecule has 0 unspecified atom stereocenters. The van der Waals surface area contributed by atoms with Gasteiger partial charge < -0.3 is 4.42 Å². The summed E-state index contributed by atoms with van der Waals surface area (Å²) in [6.07, 6.45) is 4.13. The van der Waals surface area contributed by atoms with Gasteiger partial charge in [-0.2, -0.15) is 0 Å². The number of urea groups is 1. The maximum Gasteiger partial charge on any atom is 0.335 e. The second kappa shape index (κ2) is 7.54. The first-order chi connectivity index (χ1) is 14.0. The topological polar surface area (TPSA) is 92.5 Å². The molecule has 4 rings (SSSR count). The number of hydrogen-bond acceptors (Lipinski definition) is 5. The van der Waals surface area contributed by atoms with Crippen molar-refractivity contribution in [2.24, 2.45) is 0 Å². The van der Waals surface area contributed by atoms with Crippen molar-refractivity contribution in [2.75, 3.05) is 4.90 Å². The second-order valence-corrected chi connectivity index (χ2v) is 6.75. The molecule has 0 saturated carbocycles. The molecule has 1 aromatic carbocycles. The highest BCUT2D eigenvalue weighted by atomic mass is 35.5. The largest absolute Gasteiger partial charge is 0.457 e. The molecule has 2 aromatic heterocycles. The summed E-state index contributed by atoms with van der Waals surface area (Å²) in [7, 11) is 0. The molecule has 3 heterocycles. The summed E-state index contributed by atoms with van der Waals surface area (Å²) in [5.41, 5.74) is 0.600. The quantitative estimate of drug-likeness (QED) is 0.496. The van der Waals surface area contributed by atoms with Gasteiger partial charge in [-0.15, -0.1) is 0 Å². The van der Waals surface area contributed by atoms with Crippen LogP contribution in [0.5, 0.6) is 0 Å². The van der Waals surface area contributed by atoms with E-state index in [9.17, 15) is 14.4 Å². The molecule has 9 heteroatoms. The van der Waals surface area contributed by atoms with Crippen LogP contribution in [0.3, 0.4) is 0 Å². The average molecular weight is 428 g/mol. The third-order valence-corrected chi connectivity index (χ3v) is 4.97. The van der Waals surface area contributed by atoms with Gasteiger partial charge in [-0.05, 0) is 42.5 Å². The third-order valence-electron chi connectivity index (χ3n) is 4.15. The molecule has 1 N–H and O–H groups in total. The minimum atomic E-state index is -0.839. The SMILES string of the molecule is O=C1NC(=O)N(c2ccncc2)C(=O)/C1=C\c1ccc(-c2cccc(Cl)c2Cl)o1. The minimum absolute atomic E-state index is 0.235. The number of aromatic nitrogens is 1. The second-order valence-electron chi connectivity index (χ2n) is 5.97. The monoisotopic (exact) mass is 427 g/mol. The molecule has 0 spiro atoms. The number of anilines is 1. The average Bonchev–Trinajstić information content (AvgIpc) is 3.16. The van der Waals surface area contributed by atoms with Crippen molar-refractivity contribution in [3.8, 4) is 11.3 Å². The molecule has 1 aliphatic rings. The maximum atomic E-state index is 12.8. The number of halogens is 2. The van der Waals surface area contributed by atoms with Gasteiger partial charge in [0.25, 0.3) is 11.8 Å². The van der Waals surface area contributed by atoms with Gasteiger partial charge in [0.05, 0.1) is 15.7 Å². The Kier molecular flexibility index (Phi) is 4.92. The van der Waals surface area contributed by atoms with Crippen molar-refractivity contribution < 1.29 is 18.8 Å². The maximum absolute atomic E-state index is 12.8. The number of carbonyl (C=O) groups is 3. The Bertz CT molecular complexity index is 1170. The summed E-state index contributed by atoms with van der Waals surface area (Å²) in [6, 6.07) is 10.4.